The number of nitrogens with zero attached hydrogens (tertiary/aromatic N) is 2. The maximum Gasteiger partial charge on any atom is 0.272 e. The van der Waals surface area contributed by atoms with Gasteiger partial charge in [0.25, 0.3) is 5.91 Å². The van der Waals surface area contributed by atoms with Crippen LogP contribution in [-0.2, 0) is 7.05 Å². The van der Waals surface area contributed by atoms with Gasteiger partial charge in [-0.2, -0.15) is 5.10 Å². The van der Waals surface area contributed by atoms with Crippen LogP contribution < -0.4 is 5.32 Å². The summed E-state index contributed by atoms with van der Waals surface area (Å²) < 4.78 is 1.72. The van der Waals surface area contributed by atoms with Crippen LogP contribution in [0.15, 0.2) is 24.3 Å². The van der Waals surface area contributed by atoms with E-state index in [1.54, 1.807) is 4.68 Å². The number of amides is 1. The van der Waals surface area contributed by atoms with Gasteiger partial charge in [0, 0.05) is 23.8 Å². The number of hydrogen-bond donors (Lipinski definition) is 1. The number of aromatic nitrogens is 2. The zero-order chi connectivity index (χ0) is 12.4. The molecule has 1 heterocycles. The molecule has 2 rings (SSSR count). The molecule has 0 saturated heterocycles. The second-order valence-corrected chi connectivity index (χ2v) is 5.54. The minimum Gasteiger partial charge on any atom is -0.350 e. The highest BCUT2D eigenvalue weighted by molar-refractivity contribution is 9.09. The molecule has 0 bridgehead atoms. The minimum absolute atomic E-state index is 0.131. The van der Waals surface area contributed by atoms with Gasteiger partial charge in [-0.15, -0.1) is 0 Å². The van der Waals surface area contributed by atoms with Gasteiger partial charge >= 0.3 is 0 Å². The molecule has 1 N–H and O–H groups in total. The van der Waals surface area contributed by atoms with E-state index < -0.39 is 0 Å². The molecular weight excluding hydrogens is 282 g/mol. The molecule has 1 atom stereocenters. The van der Waals surface area contributed by atoms with E-state index in [0.29, 0.717) is 12.2 Å². The summed E-state index contributed by atoms with van der Waals surface area (Å²) in [5.74, 6) is -0.131. The Morgan fingerprint density at radius 1 is 1.53 bits per heavy atom. The van der Waals surface area contributed by atoms with Crippen molar-refractivity contribution in [3.63, 3.8) is 0 Å². The van der Waals surface area contributed by atoms with E-state index >= 15 is 0 Å². The molecule has 0 radical (unpaired) electrons. The van der Waals surface area contributed by atoms with E-state index in [0.717, 1.165) is 10.9 Å². The highest BCUT2D eigenvalue weighted by atomic mass is 79.9. The van der Waals surface area contributed by atoms with Gasteiger partial charge in [-0.05, 0) is 6.07 Å². The maximum atomic E-state index is 12.0. The van der Waals surface area contributed by atoms with E-state index in [9.17, 15) is 4.79 Å². The second kappa shape index (κ2) is 4.87. The van der Waals surface area contributed by atoms with Crippen molar-refractivity contribution >= 4 is 32.7 Å². The summed E-state index contributed by atoms with van der Waals surface area (Å²) in [5, 5.41) is 7.98. The van der Waals surface area contributed by atoms with Crippen molar-refractivity contribution in [1.82, 2.24) is 15.1 Å². The number of para-hydroxylation sites is 1. The fourth-order valence-corrected chi connectivity index (χ4v) is 1.86. The number of alkyl halides is 1. The quantitative estimate of drug-likeness (QED) is 0.882. The van der Waals surface area contributed by atoms with Gasteiger partial charge in [-0.25, -0.2) is 0 Å². The predicted octanol–water partition coefficient (Wildman–Crippen LogP) is 2.09. The number of rotatable bonds is 3. The Hall–Kier alpha value is -1.36. The molecule has 0 aliphatic heterocycles. The first-order valence-electron chi connectivity index (χ1n) is 5.43. The average molecular weight is 296 g/mol. The van der Waals surface area contributed by atoms with Crippen LogP contribution >= 0.6 is 15.9 Å². The predicted molar refractivity (Wildman–Crippen MR) is 71.4 cm³/mol. The highest BCUT2D eigenvalue weighted by Gasteiger charge is 2.15. The van der Waals surface area contributed by atoms with Gasteiger partial charge in [-0.1, -0.05) is 41.1 Å². The minimum atomic E-state index is -0.131. The largest absolute Gasteiger partial charge is 0.350 e. The fourth-order valence-electron chi connectivity index (χ4n) is 1.70. The SMILES string of the molecule is CC(Br)CNC(=O)c1nn(C)c2ccccc12. The molecule has 5 heteroatoms. The molecule has 0 aliphatic rings. The van der Waals surface area contributed by atoms with E-state index in [-0.39, 0.29) is 10.7 Å². The van der Waals surface area contributed by atoms with Crippen molar-refractivity contribution in [2.24, 2.45) is 7.05 Å². The monoisotopic (exact) mass is 295 g/mol. The Labute approximate surface area is 108 Å². The first kappa shape index (κ1) is 12.1. The van der Waals surface area contributed by atoms with Gasteiger partial charge in [-0.3, -0.25) is 9.48 Å². The molecule has 0 fully saturated rings. The third kappa shape index (κ3) is 2.49. The van der Waals surface area contributed by atoms with Crippen LogP contribution in [0, 0.1) is 0 Å². The average Bonchev–Trinajstić information content (AvgIpc) is 2.65. The summed E-state index contributed by atoms with van der Waals surface area (Å²) in [7, 11) is 1.84. The molecule has 90 valence electrons. The number of halogens is 1. The maximum absolute atomic E-state index is 12.0. The van der Waals surface area contributed by atoms with E-state index in [1.807, 2.05) is 38.2 Å². The molecule has 0 saturated carbocycles. The fraction of sp³-hybridized carbons (Fsp3) is 0.333. The van der Waals surface area contributed by atoms with Crippen molar-refractivity contribution in [2.75, 3.05) is 6.54 Å². The molecule has 1 aromatic carbocycles. The molecule has 0 aliphatic carbocycles. The Balaban J connectivity index is 2.32. The van der Waals surface area contributed by atoms with Crippen LogP contribution in [0.25, 0.3) is 10.9 Å². The van der Waals surface area contributed by atoms with Crippen molar-refractivity contribution < 1.29 is 4.79 Å². The van der Waals surface area contributed by atoms with Crippen LogP contribution in [0.5, 0.6) is 0 Å². The molecule has 1 unspecified atom stereocenters. The highest BCUT2D eigenvalue weighted by Crippen LogP contribution is 2.17. The Kier molecular flexibility index (Phi) is 3.47. The van der Waals surface area contributed by atoms with E-state index in [4.69, 9.17) is 0 Å². The summed E-state index contributed by atoms with van der Waals surface area (Å²) in [6, 6.07) is 7.71. The van der Waals surface area contributed by atoms with E-state index in [1.165, 1.54) is 0 Å². The van der Waals surface area contributed by atoms with Gasteiger partial charge < -0.3 is 5.32 Å². The first-order valence-corrected chi connectivity index (χ1v) is 6.35. The molecule has 4 nitrogen and oxygen atoms in total. The number of fused-ring (bicyclic) bond motifs is 1. The molecule has 17 heavy (non-hydrogen) atoms. The van der Waals surface area contributed by atoms with Gasteiger partial charge in [0.05, 0.1) is 5.52 Å². The third-order valence-electron chi connectivity index (χ3n) is 2.52. The van der Waals surface area contributed by atoms with E-state index in [2.05, 4.69) is 26.3 Å². The van der Waals surface area contributed by atoms with Crippen molar-refractivity contribution in [1.29, 1.82) is 0 Å². The third-order valence-corrected chi connectivity index (χ3v) is 2.84. The van der Waals surface area contributed by atoms with Crippen LogP contribution in [0.4, 0.5) is 0 Å². The number of nitrogens with one attached hydrogen (secondary N) is 1. The Bertz CT molecular complexity index is 548. The lowest BCUT2D eigenvalue weighted by Gasteiger charge is -2.04. The zero-order valence-electron chi connectivity index (χ0n) is 9.77. The van der Waals surface area contributed by atoms with Gasteiger partial charge in [0.15, 0.2) is 5.69 Å². The summed E-state index contributed by atoms with van der Waals surface area (Å²) in [5.41, 5.74) is 1.45. The number of carbonyl (C=O) groups excluding carboxylic acids is 1. The Morgan fingerprint density at radius 3 is 2.94 bits per heavy atom. The molecule has 1 amide bonds. The lowest BCUT2D eigenvalue weighted by Crippen LogP contribution is -2.28. The standard InChI is InChI=1S/C12H14BrN3O/c1-8(13)7-14-12(17)11-9-5-3-4-6-10(9)16(2)15-11/h3-6,8H,7H2,1-2H3,(H,14,17). The molecular formula is C12H14BrN3O. The summed E-state index contributed by atoms with van der Waals surface area (Å²) in [6.07, 6.45) is 0. The lowest BCUT2D eigenvalue weighted by atomic mass is 10.2. The van der Waals surface area contributed by atoms with Gasteiger partial charge in [0.1, 0.15) is 0 Å². The lowest BCUT2D eigenvalue weighted by molar-refractivity contribution is 0.0950. The second-order valence-electron chi connectivity index (χ2n) is 3.98. The van der Waals surface area contributed by atoms with Crippen molar-refractivity contribution in [3.8, 4) is 0 Å². The molecule has 0 spiro atoms. The normalized spacial score (nSPS) is 12.6. The zero-order valence-corrected chi connectivity index (χ0v) is 11.4. The smallest absolute Gasteiger partial charge is 0.272 e. The summed E-state index contributed by atoms with van der Waals surface area (Å²) in [6.45, 7) is 2.57. The first-order chi connectivity index (χ1) is 8.09. The number of aryl methyl sites for hydroxylation is 1. The van der Waals surface area contributed by atoms with Crippen LogP contribution in [-0.4, -0.2) is 27.1 Å². The summed E-state index contributed by atoms with van der Waals surface area (Å²) >= 11 is 3.39. The Morgan fingerprint density at radius 2 is 2.24 bits per heavy atom. The van der Waals surface area contributed by atoms with Gasteiger partial charge in [0.2, 0.25) is 0 Å². The van der Waals surface area contributed by atoms with Crippen molar-refractivity contribution in [3.05, 3.63) is 30.0 Å². The van der Waals surface area contributed by atoms with Crippen LogP contribution in [0.2, 0.25) is 0 Å². The number of benzene rings is 1. The topological polar surface area (TPSA) is 46.9 Å². The number of hydrogen-bond acceptors (Lipinski definition) is 2. The summed E-state index contributed by atoms with van der Waals surface area (Å²) in [4.78, 5) is 12.2. The van der Waals surface area contributed by atoms with Crippen LogP contribution in [0.1, 0.15) is 17.4 Å². The molecule has 2 aromatic rings. The number of carbonyl (C=O) groups is 1. The van der Waals surface area contributed by atoms with Crippen LogP contribution in [0.3, 0.4) is 0 Å². The van der Waals surface area contributed by atoms with Crippen molar-refractivity contribution in [2.45, 2.75) is 11.8 Å². The molecule has 1 aromatic heterocycles.